The van der Waals surface area contributed by atoms with Crippen molar-refractivity contribution in [3.8, 4) is 0 Å². The van der Waals surface area contributed by atoms with Gasteiger partial charge in [0.1, 0.15) is 5.82 Å². The van der Waals surface area contributed by atoms with Crippen LogP contribution >= 0.6 is 0 Å². The third kappa shape index (κ3) is 2.55. The van der Waals surface area contributed by atoms with Crippen molar-refractivity contribution in [2.75, 3.05) is 0 Å². The summed E-state index contributed by atoms with van der Waals surface area (Å²) in [6.07, 6.45) is 0.339. The Hall–Kier alpha value is -1.38. The Morgan fingerprint density at radius 1 is 1.47 bits per heavy atom. The van der Waals surface area contributed by atoms with Gasteiger partial charge in [-0.05, 0) is 44.4 Å². The predicted octanol–water partition coefficient (Wildman–Crippen LogP) is 2.79. The summed E-state index contributed by atoms with van der Waals surface area (Å²) < 4.78 is 13.2. The number of carbonyl (C=O) groups is 1. The fourth-order valence-corrected chi connectivity index (χ4v) is 1.40. The molecule has 0 amide bonds. The summed E-state index contributed by atoms with van der Waals surface area (Å²) >= 11 is 0. The first-order chi connectivity index (χ1) is 6.84. The first-order valence-corrected chi connectivity index (χ1v) is 4.82. The van der Waals surface area contributed by atoms with E-state index in [0.717, 1.165) is 5.56 Å². The number of aliphatic carboxylic acids is 1. The molecule has 3 heteroatoms. The van der Waals surface area contributed by atoms with Gasteiger partial charge < -0.3 is 5.11 Å². The number of carboxylic acid groups (broad SMARTS) is 1. The average molecular weight is 210 g/mol. The van der Waals surface area contributed by atoms with Crippen molar-refractivity contribution in [2.24, 2.45) is 5.41 Å². The van der Waals surface area contributed by atoms with Gasteiger partial charge in [-0.25, -0.2) is 4.39 Å². The molecule has 0 atom stereocenters. The minimum Gasteiger partial charge on any atom is -0.481 e. The summed E-state index contributed by atoms with van der Waals surface area (Å²) in [4.78, 5) is 10.9. The highest BCUT2D eigenvalue weighted by Gasteiger charge is 2.28. The van der Waals surface area contributed by atoms with Crippen LogP contribution in [0.25, 0.3) is 0 Å². The summed E-state index contributed by atoms with van der Waals surface area (Å²) in [5.41, 5.74) is 0.424. The van der Waals surface area contributed by atoms with E-state index < -0.39 is 11.4 Å². The first-order valence-electron chi connectivity index (χ1n) is 4.82. The summed E-state index contributed by atoms with van der Waals surface area (Å²) in [5.74, 6) is -1.15. The van der Waals surface area contributed by atoms with Crippen molar-refractivity contribution >= 4 is 5.97 Å². The van der Waals surface area contributed by atoms with E-state index in [1.165, 1.54) is 6.07 Å². The number of carboxylic acids is 1. The standard InChI is InChI=1S/C12H15FO2/c1-8-9(5-4-6-10(8)13)7-12(2,3)11(14)15/h4-6H,7H2,1-3H3,(H,14,15). The summed E-state index contributed by atoms with van der Waals surface area (Å²) in [6, 6.07) is 4.76. The van der Waals surface area contributed by atoms with Gasteiger partial charge in [-0.1, -0.05) is 12.1 Å². The smallest absolute Gasteiger partial charge is 0.309 e. The van der Waals surface area contributed by atoms with E-state index in [0.29, 0.717) is 12.0 Å². The molecule has 1 rings (SSSR count). The van der Waals surface area contributed by atoms with Crippen LogP contribution in [0.2, 0.25) is 0 Å². The average Bonchev–Trinajstić information content (AvgIpc) is 2.12. The predicted molar refractivity (Wildman–Crippen MR) is 56.3 cm³/mol. The number of hydrogen-bond acceptors (Lipinski definition) is 1. The Balaban J connectivity index is 3.00. The zero-order chi connectivity index (χ0) is 11.6. The molecule has 0 aliphatic heterocycles. The molecule has 1 aromatic carbocycles. The zero-order valence-electron chi connectivity index (χ0n) is 9.17. The molecule has 0 aromatic heterocycles. The molecule has 0 spiro atoms. The van der Waals surface area contributed by atoms with Crippen molar-refractivity contribution < 1.29 is 14.3 Å². The fourth-order valence-electron chi connectivity index (χ4n) is 1.40. The Kier molecular flexibility index (Phi) is 3.12. The van der Waals surface area contributed by atoms with Gasteiger partial charge in [-0.15, -0.1) is 0 Å². The van der Waals surface area contributed by atoms with E-state index in [2.05, 4.69) is 0 Å². The van der Waals surface area contributed by atoms with Gasteiger partial charge in [-0.3, -0.25) is 4.79 Å². The van der Waals surface area contributed by atoms with Crippen LogP contribution in [0.15, 0.2) is 18.2 Å². The Labute approximate surface area is 88.7 Å². The van der Waals surface area contributed by atoms with Crippen LogP contribution in [-0.4, -0.2) is 11.1 Å². The van der Waals surface area contributed by atoms with E-state index in [-0.39, 0.29) is 5.82 Å². The largest absolute Gasteiger partial charge is 0.481 e. The topological polar surface area (TPSA) is 37.3 Å². The first kappa shape index (κ1) is 11.7. The van der Waals surface area contributed by atoms with Crippen LogP contribution in [0, 0.1) is 18.2 Å². The Morgan fingerprint density at radius 2 is 2.07 bits per heavy atom. The van der Waals surface area contributed by atoms with Crippen molar-refractivity contribution in [2.45, 2.75) is 27.2 Å². The lowest BCUT2D eigenvalue weighted by Crippen LogP contribution is -2.26. The van der Waals surface area contributed by atoms with Crippen LogP contribution < -0.4 is 0 Å². The van der Waals surface area contributed by atoms with E-state index >= 15 is 0 Å². The molecule has 2 nitrogen and oxygen atoms in total. The highest BCUT2D eigenvalue weighted by atomic mass is 19.1. The van der Waals surface area contributed by atoms with Crippen molar-refractivity contribution in [1.29, 1.82) is 0 Å². The second-order valence-corrected chi connectivity index (χ2v) is 4.39. The molecule has 0 heterocycles. The maximum Gasteiger partial charge on any atom is 0.309 e. The van der Waals surface area contributed by atoms with Crippen LogP contribution in [0.1, 0.15) is 25.0 Å². The summed E-state index contributed by atoms with van der Waals surface area (Å²) in [7, 11) is 0. The Morgan fingerprint density at radius 3 is 2.60 bits per heavy atom. The molecule has 0 unspecified atom stereocenters. The number of rotatable bonds is 3. The van der Waals surface area contributed by atoms with E-state index in [9.17, 15) is 9.18 Å². The van der Waals surface area contributed by atoms with Gasteiger partial charge in [-0.2, -0.15) is 0 Å². The molecule has 1 N–H and O–H groups in total. The minimum atomic E-state index is -0.869. The molecule has 0 bridgehead atoms. The highest BCUT2D eigenvalue weighted by molar-refractivity contribution is 5.74. The molecule has 0 aliphatic carbocycles. The monoisotopic (exact) mass is 210 g/mol. The van der Waals surface area contributed by atoms with E-state index in [1.54, 1.807) is 32.9 Å². The number of benzene rings is 1. The van der Waals surface area contributed by atoms with Crippen LogP contribution in [0.3, 0.4) is 0 Å². The Bertz CT molecular complexity index is 383. The lowest BCUT2D eigenvalue weighted by molar-refractivity contribution is -0.146. The minimum absolute atomic E-state index is 0.284. The molecule has 0 radical (unpaired) electrons. The van der Waals surface area contributed by atoms with Gasteiger partial charge in [0.25, 0.3) is 0 Å². The van der Waals surface area contributed by atoms with Gasteiger partial charge in [0.2, 0.25) is 0 Å². The number of halogens is 1. The van der Waals surface area contributed by atoms with Gasteiger partial charge in [0, 0.05) is 0 Å². The van der Waals surface area contributed by atoms with Crippen molar-refractivity contribution in [1.82, 2.24) is 0 Å². The maximum absolute atomic E-state index is 13.2. The van der Waals surface area contributed by atoms with E-state index in [1.807, 2.05) is 0 Å². The molecule has 0 fully saturated rings. The maximum atomic E-state index is 13.2. The van der Waals surface area contributed by atoms with Crippen LogP contribution in [-0.2, 0) is 11.2 Å². The molecule has 0 saturated heterocycles. The molecule has 0 aliphatic rings. The lowest BCUT2D eigenvalue weighted by Gasteiger charge is -2.20. The molecular weight excluding hydrogens is 195 g/mol. The van der Waals surface area contributed by atoms with Gasteiger partial charge in [0.05, 0.1) is 5.41 Å². The van der Waals surface area contributed by atoms with Crippen molar-refractivity contribution in [3.63, 3.8) is 0 Å². The van der Waals surface area contributed by atoms with Gasteiger partial charge >= 0.3 is 5.97 Å². The second-order valence-electron chi connectivity index (χ2n) is 4.39. The third-order valence-electron chi connectivity index (χ3n) is 2.59. The van der Waals surface area contributed by atoms with Crippen LogP contribution in [0.4, 0.5) is 4.39 Å². The quantitative estimate of drug-likeness (QED) is 0.832. The normalized spacial score (nSPS) is 11.5. The molecule has 82 valence electrons. The SMILES string of the molecule is Cc1c(F)cccc1CC(C)(C)C(=O)O. The van der Waals surface area contributed by atoms with E-state index in [4.69, 9.17) is 5.11 Å². The third-order valence-corrected chi connectivity index (χ3v) is 2.59. The highest BCUT2D eigenvalue weighted by Crippen LogP contribution is 2.24. The van der Waals surface area contributed by atoms with Crippen LogP contribution in [0.5, 0.6) is 0 Å². The summed E-state index contributed by atoms with van der Waals surface area (Å²) in [5, 5.41) is 8.97. The van der Waals surface area contributed by atoms with Crippen molar-refractivity contribution in [3.05, 3.63) is 35.1 Å². The second kappa shape index (κ2) is 4.01. The molecule has 0 saturated carbocycles. The lowest BCUT2D eigenvalue weighted by atomic mass is 9.84. The fraction of sp³-hybridized carbons (Fsp3) is 0.417. The summed E-state index contributed by atoms with van der Waals surface area (Å²) in [6.45, 7) is 4.95. The molecule has 1 aromatic rings. The molecular formula is C12H15FO2. The van der Waals surface area contributed by atoms with Gasteiger partial charge in [0.15, 0.2) is 0 Å². The number of hydrogen-bond donors (Lipinski definition) is 1. The molecule has 15 heavy (non-hydrogen) atoms. The zero-order valence-corrected chi connectivity index (χ0v) is 9.17.